The first-order valence-electron chi connectivity index (χ1n) is 4.93. The predicted octanol–water partition coefficient (Wildman–Crippen LogP) is 2.30. The van der Waals surface area contributed by atoms with E-state index in [4.69, 9.17) is 0 Å². The molecule has 0 atom stereocenters. The molecule has 0 saturated carbocycles. The lowest BCUT2D eigenvalue weighted by molar-refractivity contribution is 0.929. The highest BCUT2D eigenvalue weighted by Gasteiger charge is 2.02. The van der Waals surface area contributed by atoms with Gasteiger partial charge in [0.1, 0.15) is 0 Å². The van der Waals surface area contributed by atoms with Gasteiger partial charge in [-0.3, -0.25) is 4.79 Å². The second-order valence-corrected chi connectivity index (χ2v) is 4.26. The fourth-order valence-electron chi connectivity index (χ4n) is 1.34. The first kappa shape index (κ1) is 10.2. The van der Waals surface area contributed by atoms with Gasteiger partial charge >= 0.3 is 0 Å². The van der Waals surface area contributed by atoms with Crippen LogP contribution in [0.4, 0.5) is 0 Å². The third-order valence-electron chi connectivity index (χ3n) is 2.08. The van der Waals surface area contributed by atoms with Crippen LogP contribution in [0, 0.1) is 0 Å². The zero-order valence-electron chi connectivity index (χ0n) is 8.51. The third-order valence-corrected chi connectivity index (χ3v) is 3.18. The first-order chi connectivity index (χ1) is 7.33. The van der Waals surface area contributed by atoms with Gasteiger partial charge in [0.05, 0.1) is 11.6 Å². The van der Waals surface area contributed by atoms with Crippen LogP contribution in [0.15, 0.2) is 35.3 Å². The van der Waals surface area contributed by atoms with E-state index >= 15 is 0 Å². The number of rotatable bonds is 3. The van der Waals surface area contributed by atoms with Gasteiger partial charge < -0.3 is 0 Å². The van der Waals surface area contributed by atoms with Gasteiger partial charge in [-0.15, -0.1) is 0 Å². The van der Waals surface area contributed by atoms with E-state index in [0.29, 0.717) is 0 Å². The van der Waals surface area contributed by atoms with Crippen molar-refractivity contribution in [3.8, 4) is 0 Å². The van der Waals surface area contributed by atoms with Crippen molar-refractivity contribution in [2.24, 2.45) is 0 Å². The highest BCUT2D eigenvalue weighted by atomic mass is 32.2. The van der Waals surface area contributed by atoms with Crippen LogP contribution in [0.3, 0.4) is 0 Å². The highest BCUT2D eigenvalue weighted by Crippen LogP contribution is 2.09. The molecule has 0 spiro atoms. The highest BCUT2D eigenvalue weighted by molar-refractivity contribution is 7.97. The van der Waals surface area contributed by atoms with Crippen LogP contribution in [0.25, 0.3) is 10.8 Å². The molecule has 4 heteroatoms. The van der Waals surface area contributed by atoms with Gasteiger partial charge in [-0.1, -0.05) is 25.1 Å². The molecule has 0 N–H and O–H groups in total. The Kier molecular flexibility index (Phi) is 3.06. The molecule has 0 aliphatic heterocycles. The van der Waals surface area contributed by atoms with Gasteiger partial charge in [0.2, 0.25) is 0 Å². The predicted molar refractivity (Wildman–Crippen MR) is 64.2 cm³/mol. The molecule has 3 nitrogen and oxygen atoms in total. The van der Waals surface area contributed by atoms with Crippen molar-refractivity contribution >= 4 is 22.7 Å². The van der Waals surface area contributed by atoms with Crippen molar-refractivity contribution in [3.63, 3.8) is 0 Å². The topological polar surface area (TPSA) is 34.9 Å². The van der Waals surface area contributed by atoms with Gasteiger partial charge in [0, 0.05) is 11.1 Å². The maximum absolute atomic E-state index is 11.9. The lowest BCUT2D eigenvalue weighted by Crippen LogP contribution is -2.17. The summed E-state index contributed by atoms with van der Waals surface area (Å²) in [7, 11) is 0. The zero-order chi connectivity index (χ0) is 10.7. The van der Waals surface area contributed by atoms with Crippen molar-refractivity contribution in [2.75, 3.05) is 5.75 Å². The van der Waals surface area contributed by atoms with Crippen LogP contribution < -0.4 is 5.56 Å². The molecule has 0 aliphatic rings. The Morgan fingerprint density at radius 3 is 3.00 bits per heavy atom. The Balaban J connectivity index is 2.51. The Bertz CT molecular complexity index is 521. The van der Waals surface area contributed by atoms with Crippen LogP contribution >= 0.6 is 11.9 Å². The standard InChI is InChI=1S/C11H12N2OS/c1-2-7-15-13-11(14)10-6-4-3-5-9(10)8-12-13/h3-6,8H,2,7H2,1H3. The van der Waals surface area contributed by atoms with Crippen molar-refractivity contribution in [1.82, 2.24) is 9.19 Å². The Labute approximate surface area is 92.2 Å². The molecule has 0 aliphatic carbocycles. The summed E-state index contributed by atoms with van der Waals surface area (Å²) in [6.07, 6.45) is 2.77. The maximum Gasteiger partial charge on any atom is 0.285 e. The molecular formula is C11H12N2OS. The molecule has 1 heterocycles. The van der Waals surface area contributed by atoms with E-state index in [-0.39, 0.29) is 5.56 Å². The molecule has 0 bridgehead atoms. The second kappa shape index (κ2) is 4.49. The van der Waals surface area contributed by atoms with E-state index in [1.807, 2.05) is 24.3 Å². The average Bonchev–Trinajstić information content (AvgIpc) is 2.29. The second-order valence-electron chi connectivity index (χ2n) is 3.24. The lowest BCUT2D eigenvalue weighted by Gasteiger charge is -2.03. The number of benzene rings is 1. The fraction of sp³-hybridized carbons (Fsp3) is 0.273. The molecule has 78 valence electrons. The molecule has 0 amide bonds. The molecule has 15 heavy (non-hydrogen) atoms. The smallest absolute Gasteiger partial charge is 0.266 e. The van der Waals surface area contributed by atoms with E-state index in [0.717, 1.165) is 22.9 Å². The summed E-state index contributed by atoms with van der Waals surface area (Å²) in [4.78, 5) is 11.9. The third kappa shape index (κ3) is 2.04. The quantitative estimate of drug-likeness (QED) is 0.796. The number of fused-ring (bicyclic) bond motifs is 1. The summed E-state index contributed by atoms with van der Waals surface area (Å²) in [5.41, 5.74) is -0.0217. The number of aromatic nitrogens is 2. The largest absolute Gasteiger partial charge is 0.285 e. The van der Waals surface area contributed by atoms with Crippen molar-refractivity contribution in [2.45, 2.75) is 13.3 Å². The van der Waals surface area contributed by atoms with Gasteiger partial charge in [-0.25, -0.2) is 0 Å². The number of hydrogen-bond acceptors (Lipinski definition) is 3. The molecule has 0 radical (unpaired) electrons. The summed E-state index contributed by atoms with van der Waals surface area (Å²) in [5.74, 6) is 0.908. The molecule has 0 saturated heterocycles. The molecule has 1 aromatic heterocycles. The van der Waals surface area contributed by atoms with E-state index in [2.05, 4.69) is 12.0 Å². The molecule has 1 aromatic carbocycles. The van der Waals surface area contributed by atoms with E-state index in [9.17, 15) is 4.79 Å². The average molecular weight is 220 g/mol. The fourth-order valence-corrected chi connectivity index (χ4v) is 2.03. The van der Waals surface area contributed by atoms with Crippen molar-refractivity contribution in [3.05, 3.63) is 40.8 Å². The van der Waals surface area contributed by atoms with Gasteiger partial charge in [-0.05, 0) is 24.4 Å². The summed E-state index contributed by atoms with van der Waals surface area (Å²) in [5, 5.41) is 5.74. The normalized spacial score (nSPS) is 10.7. The van der Waals surface area contributed by atoms with Crippen molar-refractivity contribution in [1.29, 1.82) is 0 Å². The SMILES string of the molecule is CCCSn1ncc2ccccc2c1=O. The molecule has 0 unspecified atom stereocenters. The molecule has 2 rings (SSSR count). The summed E-state index contributed by atoms with van der Waals surface area (Å²) in [6, 6.07) is 7.52. The number of nitrogens with zero attached hydrogens (tertiary/aromatic N) is 2. The van der Waals surface area contributed by atoms with Crippen molar-refractivity contribution < 1.29 is 0 Å². The lowest BCUT2D eigenvalue weighted by atomic mass is 10.2. The molecule has 0 fully saturated rings. The Hall–Kier alpha value is -1.29. The van der Waals surface area contributed by atoms with Crippen LogP contribution in [0.1, 0.15) is 13.3 Å². The minimum absolute atomic E-state index is 0.0217. The number of hydrogen-bond donors (Lipinski definition) is 0. The van der Waals surface area contributed by atoms with Crippen LogP contribution in [0.5, 0.6) is 0 Å². The molecular weight excluding hydrogens is 208 g/mol. The van der Waals surface area contributed by atoms with Crippen LogP contribution in [-0.2, 0) is 0 Å². The zero-order valence-corrected chi connectivity index (χ0v) is 9.33. The van der Waals surface area contributed by atoms with Gasteiger partial charge in [0.25, 0.3) is 5.56 Å². The first-order valence-corrected chi connectivity index (χ1v) is 5.87. The van der Waals surface area contributed by atoms with Gasteiger partial charge in [0.15, 0.2) is 0 Å². The van der Waals surface area contributed by atoms with Crippen LogP contribution in [0.2, 0.25) is 0 Å². The maximum atomic E-state index is 11.9. The Morgan fingerprint density at radius 1 is 1.40 bits per heavy atom. The van der Waals surface area contributed by atoms with Gasteiger partial charge in [-0.2, -0.15) is 9.19 Å². The van der Waals surface area contributed by atoms with E-state index in [1.165, 1.54) is 16.0 Å². The minimum Gasteiger partial charge on any atom is -0.266 e. The summed E-state index contributed by atoms with van der Waals surface area (Å²) < 4.78 is 1.46. The summed E-state index contributed by atoms with van der Waals surface area (Å²) >= 11 is 1.45. The van der Waals surface area contributed by atoms with E-state index in [1.54, 1.807) is 6.20 Å². The summed E-state index contributed by atoms with van der Waals surface area (Å²) in [6.45, 7) is 2.08. The van der Waals surface area contributed by atoms with E-state index < -0.39 is 0 Å². The van der Waals surface area contributed by atoms with Crippen LogP contribution in [-0.4, -0.2) is 14.9 Å². The molecule has 2 aromatic rings. The monoisotopic (exact) mass is 220 g/mol. The Morgan fingerprint density at radius 2 is 2.20 bits per heavy atom. The minimum atomic E-state index is -0.0217.